The largest absolute Gasteiger partial charge is 0.391 e. The second-order valence-electron chi connectivity index (χ2n) is 5.33. The zero-order valence-electron chi connectivity index (χ0n) is 13.4. The molecule has 0 radical (unpaired) electrons. The molecule has 0 bridgehead atoms. The standard InChI is InChI=1S/C18H14F2N4O/c1-12(23-25-11-14-8-6-13(10-21)7-9-14)17-22-15-4-2-3-5-16(15)24(17)18(19)20/h2-9,18H,11H2,1H3/b23-12-. The molecule has 2 aromatic carbocycles. The number of fused-ring (bicyclic) bond motifs is 1. The molecule has 126 valence electrons. The Morgan fingerprint density at radius 3 is 2.64 bits per heavy atom. The third-order valence-electron chi connectivity index (χ3n) is 3.63. The lowest BCUT2D eigenvalue weighted by Gasteiger charge is -2.07. The molecule has 0 spiro atoms. The van der Waals surface area contributed by atoms with Gasteiger partial charge in [-0.05, 0) is 36.8 Å². The lowest BCUT2D eigenvalue weighted by atomic mass is 10.2. The zero-order valence-corrected chi connectivity index (χ0v) is 13.4. The molecule has 0 aliphatic rings. The van der Waals surface area contributed by atoms with E-state index in [0.717, 1.165) is 10.1 Å². The number of hydrogen-bond donors (Lipinski definition) is 0. The summed E-state index contributed by atoms with van der Waals surface area (Å²) in [5.41, 5.74) is 2.44. The molecule has 0 aliphatic carbocycles. The summed E-state index contributed by atoms with van der Waals surface area (Å²) in [6, 6.07) is 15.5. The number of imidazole rings is 1. The topological polar surface area (TPSA) is 63.2 Å². The number of aromatic nitrogens is 2. The minimum atomic E-state index is -2.73. The van der Waals surface area contributed by atoms with Gasteiger partial charge in [0.1, 0.15) is 12.3 Å². The molecule has 0 atom stereocenters. The van der Waals surface area contributed by atoms with Crippen LogP contribution in [-0.2, 0) is 11.4 Å². The maximum Gasteiger partial charge on any atom is 0.320 e. The van der Waals surface area contributed by atoms with E-state index in [1.165, 1.54) is 0 Å². The quantitative estimate of drug-likeness (QED) is 0.515. The molecule has 0 amide bonds. The molecule has 5 nitrogen and oxygen atoms in total. The van der Waals surface area contributed by atoms with Gasteiger partial charge in [0.15, 0.2) is 5.82 Å². The number of nitrogens with zero attached hydrogens (tertiary/aromatic N) is 4. The number of halogens is 2. The average Bonchev–Trinajstić information content (AvgIpc) is 3.02. The van der Waals surface area contributed by atoms with Crippen LogP contribution in [0.5, 0.6) is 0 Å². The first-order valence-electron chi connectivity index (χ1n) is 7.51. The number of para-hydroxylation sites is 2. The molecule has 0 saturated carbocycles. The van der Waals surface area contributed by atoms with Gasteiger partial charge in [0.05, 0.1) is 22.7 Å². The van der Waals surface area contributed by atoms with Crippen molar-refractivity contribution < 1.29 is 13.6 Å². The molecule has 3 rings (SSSR count). The van der Waals surface area contributed by atoms with Gasteiger partial charge in [-0.2, -0.15) is 14.0 Å². The highest BCUT2D eigenvalue weighted by Gasteiger charge is 2.19. The summed E-state index contributed by atoms with van der Waals surface area (Å²) in [5, 5.41) is 12.7. The van der Waals surface area contributed by atoms with E-state index >= 15 is 0 Å². The van der Waals surface area contributed by atoms with Gasteiger partial charge in [0, 0.05) is 0 Å². The van der Waals surface area contributed by atoms with Crippen molar-refractivity contribution in [2.75, 3.05) is 0 Å². The van der Waals surface area contributed by atoms with Crippen molar-refractivity contribution in [2.45, 2.75) is 20.1 Å². The number of rotatable bonds is 5. The van der Waals surface area contributed by atoms with E-state index in [-0.39, 0.29) is 18.1 Å². The molecule has 7 heteroatoms. The number of oxime groups is 1. The van der Waals surface area contributed by atoms with Crippen molar-refractivity contribution in [3.8, 4) is 6.07 Å². The predicted octanol–water partition coefficient (Wildman–Crippen LogP) is 4.24. The second-order valence-corrected chi connectivity index (χ2v) is 5.33. The highest BCUT2D eigenvalue weighted by Crippen LogP contribution is 2.23. The number of hydrogen-bond acceptors (Lipinski definition) is 4. The highest BCUT2D eigenvalue weighted by molar-refractivity contribution is 5.98. The molecule has 0 aliphatic heterocycles. The van der Waals surface area contributed by atoms with Crippen LogP contribution in [0, 0.1) is 11.3 Å². The minimum Gasteiger partial charge on any atom is -0.391 e. The lowest BCUT2D eigenvalue weighted by Crippen LogP contribution is -2.10. The Morgan fingerprint density at radius 2 is 1.96 bits per heavy atom. The van der Waals surface area contributed by atoms with E-state index in [0.29, 0.717) is 16.6 Å². The van der Waals surface area contributed by atoms with E-state index in [9.17, 15) is 8.78 Å². The Labute approximate surface area is 142 Å². The summed E-state index contributed by atoms with van der Waals surface area (Å²) in [6.45, 7) is -0.998. The Balaban J connectivity index is 1.81. The van der Waals surface area contributed by atoms with E-state index < -0.39 is 6.55 Å². The summed E-state index contributed by atoms with van der Waals surface area (Å²) >= 11 is 0. The van der Waals surface area contributed by atoms with Crippen molar-refractivity contribution in [3.05, 3.63) is 65.5 Å². The third kappa shape index (κ3) is 3.48. The smallest absolute Gasteiger partial charge is 0.320 e. The predicted molar refractivity (Wildman–Crippen MR) is 89.1 cm³/mol. The molecule has 1 aromatic heterocycles. The van der Waals surface area contributed by atoms with Gasteiger partial charge in [0.25, 0.3) is 0 Å². The van der Waals surface area contributed by atoms with Crippen molar-refractivity contribution in [3.63, 3.8) is 0 Å². The summed E-state index contributed by atoms with van der Waals surface area (Å²) in [5.74, 6) is 0.0658. The van der Waals surface area contributed by atoms with Crippen molar-refractivity contribution in [2.24, 2.45) is 5.16 Å². The van der Waals surface area contributed by atoms with E-state index in [1.54, 1.807) is 55.5 Å². The lowest BCUT2D eigenvalue weighted by molar-refractivity contribution is 0.0736. The molecule has 3 aromatic rings. The Kier molecular flexibility index (Phi) is 4.70. The second kappa shape index (κ2) is 7.09. The first kappa shape index (κ1) is 16.6. The molecule has 0 unspecified atom stereocenters. The highest BCUT2D eigenvalue weighted by atomic mass is 19.3. The fraction of sp³-hybridized carbons (Fsp3) is 0.167. The Morgan fingerprint density at radius 1 is 1.24 bits per heavy atom. The summed E-state index contributed by atoms with van der Waals surface area (Å²) in [7, 11) is 0. The van der Waals surface area contributed by atoms with Crippen LogP contribution in [0.3, 0.4) is 0 Å². The van der Waals surface area contributed by atoms with Crippen LogP contribution in [0.2, 0.25) is 0 Å². The Bertz CT molecular complexity index is 955. The fourth-order valence-corrected chi connectivity index (χ4v) is 2.42. The van der Waals surface area contributed by atoms with Gasteiger partial charge in [-0.1, -0.05) is 29.4 Å². The number of benzene rings is 2. The molecule has 0 saturated heterocycles. The van der Waals surface area contributed by atoms with Gasteiger partial charge in [-0.15, -0.1) is 0 Å². The van der Waals surface area contributed by atoms with Crippen LogP contribution < -0.4 is 0 Å². The number of alkyl halides is 2. The normalized spacial score (nSPS) is 11.7. The average molecular weight is 340 g/mol. The van der Waals surface area contributed by atoms with Gasteiger partial charge >= 0.3 is 6.55 Å². The molecular formula is C18H14F2N4O. The molecule has 0 fully saturated rings. The van der Waals surface area contributed by atoms with Crippen LogP contribution in [-0.4, -0.2) is 15.3 Å². The molecule has 25 heavy (non-hydrogen) atoms. The Hall–Kier alpha value is -3.27. The van der Waals surface area contributed by atoms with Crippen molar-refractivity contribution in [1.29, 1.82) is 5.26 Å². The third-order valence-corrected chi connectivity index (χ3v) is 3.63. The van der Waals surface area contributed by atoms with Crippen LogP contribution in [0.15, 0.2) is 53.7 Å². The van der Waals surface area contributed by atoms with Crippen LogP contribution >= 0.6 is 0 Å². The monoisotopic (exact) mass is 340 g/mol. The van der Waals surface area contributed by atoms with Crippen molar-refractivity contribution in [1.82, 2.24) is 9.55 Å². The zero-order chi connectivity index (χ0) is 17.8. The van der Waals surface area contributed by atoms with Gasteiger partial charge in [0.2, 0.25) is 0 Å². The first-order chi connectivity index (χ1) is 12.1. The van der Waals surface area contributed by atoms with Crippen LogP contribution in [0.25, 0.3) is 11.0 Å². The van der Waals surface area contributed by atoms with E-state index in [4.69, 9.17) is 10.1 Å². The van der Waals surface area contributed by atoms with E-state index in [1.807, 2.05) is 6.07 Å². The first-order valence-corrected chi connectivity index (χ1v) is 7.51. The summed E-state index contributed by atoms with van der Waals surface area (Å²) < 4.78 is 27.7. The maximum atomic E-state index is 13.4. The summed E-state index contributed by atoms with van der Waals surface area (Å²) in [6.07, 6.45) is 0. The molecular weight excluding hydrogens is 326 g/mol. The SMILES string of the molecule is C/C(=N/OCc1ccc(C#N)cc1)c1nc2ccccc2n1C(F)F. The molecule has 1 heterocycles. The minimum absolute atomic E-state index is 0.0658. The van der Waals surface area contributed by atoms with E-state index in [2.05, 4.69) is 10.1 Å². The van der Waals surface area contributed by atoms with Gasteiger partial charge < -0.3 is 4.84 Å². The maximum absolute atomic E-state index is 13.4. The van der Waals surface area contributed by atoms with Crippen LogP contribution in [0.1, 0.15) is 30.4 Å². The molecule has 0 N–H and O–H groups in total. The van der Waals surface area contributed by atoms with Crippen molar-refractivity contribution >= 4 is 16.7 Å². The fourth-order valence-electron chi connectivity index (χ4n) is 2.42. The van der Waals surface area contributed by atoms with Gasteiger partial charge in [-0.3, -0.25) is 4.57 Å². The van der Waals surface area contributed by atoms with Crippen LogP contribution in [0.4, 0.5) is 8.78 Å². The summed E-state index contributed by atoms with van der Waals surface area (Å²) in [4.78, 5) is 9.47. The van der Waals surface area contributed by atoms with Gasteiger partial charge in [-0.25, -0.2) is 4.98 Å². The number of nitriles is 1.